The van der Waals surface area contributed by atoms with Crippen molar-refractivity contribution in [1.82, 2.24) is 15.6 Å². The van der Waals surface area contributed by atoms with E-state index in [2.05, 4.69) is 31.5 Å². The first-order valence-corrected chi connectivity index (χ1v) is 6.73. The molecule has 0 saturated heterocycles. The van der Waals surface area contributed by atoms with Crippen molar-refractivity contribution in [3.05, 3.63) is 22.4 Å². The molecule has 1 heterocycles. The predicted octanol–water partition coefficient (Wildman–Crippen LogP) is 1.81. The van der Waals surface area contributed by atoms with Gasteiger partial charge in [-0.2, -0.15) is 0 Å². The Bertz CT molecular complexity index is 417. The van der Waals surface area contributed by atoms with Crippen LogP contribution in [0.4, 0.5) is 0 Å². The fourth-order valence-electron chi connectivity index (χ4n) is 1.33. The van der Waals surface area contributed by atoms with E-state index in [9.17, 15) is 9.59 Å². The molecule has 0 aromatic carbocycles. The van der Waals surface area contributed by atoms with Gasteiger partial charge in [0, 0.05) is 29.7 Å². The third-order valence-electron chi connectivity index (χ3n) is 2.55. The van der Waals surface area contributed by atoms with E-state index < -0.39 is 0 Å². The topological polar surface area (TPSA) is 74.0 Å². The summed E-state index contributed by atoms with van der Waals surface area (Å²) in [7, 11) is 0. The molecule has 3 N–H and O–H groups in total. The van der Waals surface area contributed by atoms with Crippen molar-refractivity contribution in [3.63, 3.8) is 0 Å². The third kappa shape index (κ3) is 4.91. The van der Waals surface area contributed by atoms with Crippen molar-refractivity contribution in [3.8, 4) is 0 Å². The Morgan fingerprint density at radius 3 is 2.78 bits per heavy atom. The lowest BCUT2D eigenvalue weighted by Gasteiger charge is -2.11. The minimum atomic E-state index is -0.211. The molecule has 0 spiro atoms. The zero-order chi connectivity index (χ0) is 13.5. The van der Waals surface area contributed by atoms with Crippen molar-refractivity contribution in [2.24, 2.45) is 0 Å². The van der Waals surface area contributed by atoms with Crippen LogP contribution in [0.2, 0.25) is 0 Å². The van der Waals surface area contributed by atoms with Crippen molar-refractivity contribution in [2.45, 2.75) is 32.7 Å². The maximum atomic E-state index is 11.6. The molecule has 0 bridgehead atoms. The van der Waals surface area contributed by atoms with Crippen LogP contribution in [0.1, 0.15) is 37.2 Å². The minimum Gasteiger partial charge on any atom is -0.356 e. The minimum absolute atomic E-state index is 0.0442. The van der Waals surface area contributed by atoms with Crippen LogP contribution in [0.5, 0.6) is 0 Å². The van der Waals surface area contributed by atoms with E-state index in [1.807, 2.05) is 13.8 Å². The van der Waals surface area contributed by atoms with E-state index in [0.717, 1.165) is 10.9 Å². The van der Waals surface area contributed by atoms with Crippen LogP contribution in [-0.2, 0) is 4.79 Å². The molecule has 0 aliphatic heterocycles. The SMILES string of the molecule is CCC(C)NC(=O)CCNC(=O)c1cc(Br)c[nH]1. The molecule has 6 heteroatoms. The normalized spacial score (nSPS) is 11.9. The number of carbonyl (C=O) groups is 2. The molecular formula is C12H18BrN3O2. The number of rotatable bonds is 6. The van der Waals surface area contributed by atoms with Gasteiger partial charge >= 0.3 is 0 Å². The highest BCUT2D eigenvalue weighted by Crippen LogP contribution is 2.10. The smallest absolute Gasteiger partial charge is 0.267 e. The van der Waals surface area contributed by atoms with Crippen molar-refractivity contribution in [2.75, 3.05) is 6.54 Å². The van der Waals surface area contributed by atoms with E-state index >= 15 is 0 Å². The summed E-state index contributed by atoms with van der Waals surface area (Å²) in [6, 6.07) is 1.86. The first-order chi connectivity index (χ1) is 8.52. The average Bonchev–Trinajstić information content (AvgIpc) is 2.75. The number of hydrogen-bond donors (Lipinski definition) is 3. The van der Waals surface area contributed by atoms with Gasteiger partial charge in [-0.05, 0) is 35.3 Å². The van der Waals surface area contributed by atoms with Crippen molar-refractivity contribution in [1.29, 1.82) is 0 Å². The van der Waals surface area contributed by atoms with E-state index in [-0.39, 0.29) is 24.3 Å². The Hall–Kier alpha value is -1.30. The summed E-state index contributed by atoms with van der Waals surface area (Å²) in [5.41, 5.74) is 0.476. The summed E-state index contributed by atoms with van der Waals surface area (Å²) in [5, 5.41) is 5.52. The fourth-order valence-corrected chi connectivity index (χ4v) is 1.68. The summed E-state index contributed by atoms with van der Waals surface area (Å²) in [6.45, 7) is 4.29. The Kier molecular flexibility index (Phi) is 5.91. The van der Waals surface area contributed by atoms with Gasteiger partial charge in [0.2, 0.25) is 5.91 Å². The molecular weight excluding hydrogens is 298 g/mol. The lowest BCUT2D eigenvalue weighted by molar-refractivity contribution is -0.121. The van der Waals surface area contributed by atoms with Gasteiger partial charge in [-0.25, -0.2) is 0 Å². The van der Waals surface area contributed by atoms with Gasteiger partial charge in [0.1, 0.15) is 5.69 Å². The quantitative estimate of drug-likeness (QED) is 0.749. The molecule has 100 valence electrons. The Morgan fingerprint density at radius 2 is 2.22 bits per heavy atom. The molecule has 2 amide bonds. The number of hydrogen-bond acceptors (Lipinski definition) is 2. The second kappa shape index (κ2) is 7.20. The molecule has 1 atom stereocenters. The van der Waals surface area contributed by atoms with Gasteiger partial charge in [0.15, 0.2) is 0 Å². The van der Waals surface area contributed by atoms with Crippen molar-refractivity contribution >= 4 is 27.7 Å². The van der Waals surface area contributed by atoms with Crippen LogP contribution < -0.4 is 10.6 Å². The highest BCUT2D eigenvalue weighted by molar-refractivity contribution is 9.10. The first-order valence-electron chi connectivity index (χ1n) is 5.94. The van der Waals surface area contributed by atoms with Gasteiger partial charge in [-0.15, -0.1) is 0 Å². The van der Waals surface area contributed by atoms with E-state index in [4.69, 9.17) is 0 Å². The van der Waals surface area contributed by atoms with Gasteiger partial charge < -0.3 is 15.6 Å². The van der Waals surface area contributed by atoms with E-state index in [1.165, 1.54) is 0 Å². The number of halogens is 1. The lowest BCUT2D eigenvalue weighted by Crippen LogP contribution is -2.35. The van der Waals surface area contributed by atoms with Crippen LogP contribution in [0.15, 0.2) is 16.7 Å². The average molecular weight is 316 g/mol. The third-order valence-corrected chi connectivity index (χ3v) is 3.01. The number of aromatic nitrogens is 1. The number of carbonyl (C=O) groups excluding carboxylic acids is 2. The Balaban J connectivity index is 2.25. The molecule has 18 heavy (non-hydrogen) atoms. The molecule has 0 aliphatic carbocycles. The second-order valence-corrected chi connectivity index (χ2v) is 5.03. The summed E-state index contributed by atoms with van der Waals surface area (Å²) >= 11 is 3.25. The van der Waals surface area contributed by atoms with Crippen LogP contribution >= 0.6 is 15.9 Å². The molecule has 1 aromatic rings. The predicted molar refractivity (Wildman–Crippen MR) is 73.3 cm³/mol. The summed E-state index contributed by atoms with van der Waals surface area (Å²) in [5.74, 6) is -0.255. The molecule has 0 aliphatic rings. The maximum absolute atomic E-state index is 11.6. The molecule has 1 aromatic heterocycles. The number of nitrogens with one attached hydrogen (secondary N) is 3. The standard InChI is InChI=1S/C12H18BrN3O2/c1-3-8(2)16-11(17)4-5-14-12(18)10-6-9(13)7-15-10/h6-8,15H,3-5H2,1-2H3,(H,14,18)(H,16,17). The maximum Gasteiger partial charge on any atom is 0.267 e. The second-order valence-electron chi connectivity index (χ2n) is 4.11. The van der Waals surface area contributed by atoms with Gasteiger partial charge in [0.25, 0.3) is 5.91 Å². The highest BCUT2D eigenvalue weighted by Gasteiger charge is 2.09. The van der Waals surface area contributed by atoms with Gasteiger partial charge in [-0.3, -0.25) is 9.59 Å². The largest absolute Gasteiger partial charge is 0.356 e. The zero-order valence-electron chi connectivity index (χ0n) is 10.5. The Labute approximate surface area is 115 Å². The lowest BCUT2D eigenvalue weighted by atomic mass is 10.2. The number of aromatic amines is 1. The van der Waals surface area contributed by atoms with Crippen LogP contribution in [0, 0.1) is 0 Å². The molecule has 1 rings (SSSR count). The van der Waals surface area contributed by atoms with Crippen molar-refractivity contribution < 1.29 is 9.59 Å². The highest BCUT2D eigenvalue weighted by atomic mass is 79.9. The number of amides is 2. The summed E-state index contributed by atoms with van der Waals surface area (Å²) < 4.78 is 0.821. The molecule has 5 nitrogen and oxygen atoms in total. The summed E-state index contributed by atoms with van der Waals surface area (Å²) in [4.78, 5) is 25.9. The monoisotopic (exact) mass is 315 g/mol. The van der Waals surface area contributed by atoms with E-state index in [0.29, 0.717) is 12.2 Å². The van der Waals surface area contributed by atoms with Gasteiger partial charge in [-0.1, -0.05) is 6.92 Å². The van der Waals surface area contributed by atoms with Gasteiger partial charge in [0.05, 0.1) is 0 Å². The zero-order valence-corrected chi connectivity index (χ0v) is 12.1. The molecule has 0 radical (unpaired) electrons. The van der Waals surface area contributed by atoms with Crippen LogP contribution in [0.25, 0.3) is 0 Å². The first kappa shape index (κ1) is 14.8. The van der Waals surface area contributed by atoms with Crippen LogP contribution in [-0.4, -0.2) is 29.4 Å². The Morgan fingerprint density at radius 1 is 1.50 bits per heavy atom. The molecule has 0 fully saturated rings. The van der Waals surface area contributed by atoms with E-state index in [1.54, 1.807) is 12.3 Å². The van der Waals surface area contributed by atoms with Crippen LogP contribution in [0.3, 0.4) is 0 Å². The fraction of sp³-hybridized carbons (Fsp3) is 0.500. The number of H-pyrrole nitrogens is 1. The molecule has 0 saturated carbocycles. The molecule has 1 unspecified atom stereocenters. The summed E-state index contributed by atoms with van der Waals surface area (Å²) in [6.07, 6.45) is 2.87.